The molecule has 1 aromatic carbocycles. The molecule has 5 rings (SSSR count). The van der Waals surface area contributed by atoms with Crippen molar-refractivity contribution in [3.05, 3.63) is 35.9 Å². The quantitative estimate of drug-likeness (QED) is 0.308. The maximum absolute atomic E-state index is 12.9. The summed E-state index contributed by atoms with van der Waals surface area (Å²) in [5.74, 6) is -0.0330. The first kappa shape index (κ1) is 29.7. The molecule has 0 spiro atoms. The zero-order chi connectivity index (χ0) is 28.3. The van der Waals surface area contributed by atoms with Crippen LogP contribution >= 0.6 is 0 Å². The van der Waals surface area contributed by atoms with Gasteiger partial charge in [0.2, 0.25) is 11.8 Å². The predicted octanol–water partition coefficient (Wildman–Crippen LogP) is 7.18. The molecule has 2 amide bonds. The number of benzene rings is 1. The number of carbonyl (C=O) groups excluding carboxylic acids is 2. The van der Waals surface area contributed by atoms with Gasteiger partial charge >= 0.3 is 12.4 Å². The number of rotatable bonds is 10. The maximum atomic E-state index is 12.9. The normalized spacial score (nSPS) is 25.2. The van der Waals surface area contributed by atoms with Gasteiger partial charge < -0.3 is 10.2 Å². The molecule has 0 bridgehead atoms. The minimum atomic E-state index is -4.08. The molecule has 2 atom stereocenters. The van der Waals surface area contributed by atoms with Crippen LogP contribution in [-0.4, -0.2) is 42.2 Å². The van der Waals surface area contributed by atoms with E-state index in [4.69, 9.17) is 0 Å². The lowest BCUT2D eigenvalue weighted by Crippen LogP contribution is -2.27. The SMILES string of the molecule is O=C1C(CCCC2(C(F)(F)F)CC2)CCN1Cc1ccccc1.O=C1NCCC1CCCC1(C(F)(F)F)CC1. The van der Waals surface area contributed by atoms with Gasteiger partial charge in [-0.2, -0.15) is 26.3 Å². The van der Waals surface area contributed by atoms with Gasteiger partial charge in [0.15, 0.2) is 0 Å². The van der Waals surface area contributed by atoms with Crippen molar-refractivity contribution < 1.29 is 35.9 Å². The van der Waals surface area contributed by atoms with Crippen LogP contribution in [0.3, 0.4) is 0 Å². The van der Waals surface area contributed by atoms with Crippen molar-refractivity contribution in [1.29, 1.82) is 0 Å². The Kier molecular flexibility index (Phi) is 8.91. The van der Waals surface area contributed by atoms with E-state index in [1.54, 1.807) is 0 Å². The number of hydrogen-bond acceptors (Lipinski definition) is 2. The Morgan fingerprint density at radius 3 is 1.79 bits per heavy atom. The molecule has 2 saturated carbocycles. The van der Waals surface area contributed by atoms with Crippen LogP contribution in [0, 0.1) is 22.7 Å². The van der Waals surface area contributed by atoms with E-state index in [0.717, 1.165) is 18.4 Å². The molecule has 0 radical (unpaired) electrons. The highest BCUT2D eigenvalue weighted by molar-refractivity contribution is 5.81. The third-order valence-electron chi connectivity index (χ3n) is 9.11. The fraction of sp³-hybridized carbons (Fsp3) is 0.724. The minimum absolute atomic E-state index is 0.0110. The molecule has 0 aromatic heterocycles. The fourth-order valence-electron chi connectivity index (χ4n) is 5.98. The molecule has 2 aliphatic carbocycles. The zero-order valence-corrected chi connectivity index (χ0v) is 22.2. The molecule has 2 aliphatic heterocycles. The molecule has 2 heterocycles. The van der Waals surface area contributed by atoms with Crippen LogP contribution in [0.1, 0.15) is 82.6 Å². The van der Waals surface area contributed by atoms with Crippen LogP contribution in [0.25, 0.3) is 0 Å². The molecule has 4 aliphatic rings. The smallest absolute Gasteiger partial charge is 0.356 e. The van der Waals surface area contributed by atoms with E-state index in [0.29, 0.717) is 45.3 Å². The van der Waals surface area contributed by atoms with E-state index in [1.165, 1.54) is 0 Å². The van der Waals surface area contributed by atoms with Gasteiger partial charge in [0.1, 0.15) is 0 Å². The largest absolute Gasteiger partial charge is 0.394 e. The number of alkyl halides is 6. The van der Waals surface area contributed by atoms with Gasteiger partial charge in [-0.05, 0) is 69.8 Å². The molecule has 10 heteroatoms. The predicted molar refractivity (Wildman–Crippen MR) is 134 cm³/mol. The van der Waals surface area contributed by atoms with E-state index >= 15 is 0 Å². The molecule has 218 valence electrons. The van der Waals surface area contributed by atoms with Crippen LogP contribution in [-0.2, 0) is 16.1 Å². The average Bonchev–Trinajstić information content (AvgIpc) is 3.77. The Hall–Kier alpha value is -2.26. The van der Waals surface area contributed by atoms with Gasteiger partial charge in [-0.15, -0.1) is 0 Å². The van der Waals surface area contributed by atoms with E-state index in [1.807, 2.05) is 35.2 Å². The molecule has 1 aromatic rings. The maximum Gasteiger partial charge on any atom is 0.394 e. The van der Waals surface area contributed by atoms with E-state index in [2.05, 4.69) is 5.32 Å². The van der Waals surface area contributed by atoms with Crippen LogP contribution in [0.4, 0.5) is 26.3 Å². The molecule has 39 heavy (non-hydrogen) atoms. The summed E-state index contributed by atoms with van der Waals surface area (Å²) in [6.45, 7) is 1.99. The van der Waals surface area contributed by atoms with Crippen LogP contribution in [0.2, 0.25) is 0 Å². The lowest BCUT2D eigenvalue weighted by atomic mass is 9.93. The van der Waals surface area contributed by atoms with E-state index in [-0.39, 0.29) is 62.2 Å². The summed E-state index contributed by atoms with van der Waals surface area (Å²) in [4.78, 5) is 25.4. The number of nitrogens with zero attached hydrogens (tertiary/aromatic N) is 1. The Bertz CT molecular complexity index is 986. The van der Waals surface area contributed by atoms with Crippen LogP contribution in [0.5, 0.6) is 0 Å². The van der Waals surface area contributed by atoms with Gasteiger partial charge in [-0.25, -0.2) is 0 Å². The Morgan fingerprint density at radius 1 is 0.795 bits per heavy atom. The summed E-state index contributed by atoms with van der Waals surface area (Å²) < 4.78 is 76.5. The number of carbonyl (C=O) groups is 2. The van der Waals surface area contributed by atoms with E-state index < -0.39 is 23.2 Å². The minimum Gasteiger partial charge on any atom is -0.356 e. The first-order chi connectivity index (χ1) is 18.4. The second kappa shape index (κ2) is 11.7. The van der Waals surface area contributed by atoms with Crippen molar-refractivity contribution in [1.82, 2.24) is 10.2 Å². The molecule has 4 nitrogen and oxygen atoms in total. The standard InChI is InChI=1S/C18H22F3NO.C11H16F3NO/c19-18(20,21)17(10-11-17)9-4-7-15-8-12-22(16(15)23)13-14-5-2-1-3-6-14;12-11(13,14)10(5-6-10)4-1-2-8-3-7-15-9(8)16/h1-3,5-6,15H,4,7-13H2;8H,1-7H2,(H,15,16). The molecular weight excluding hydrogens is 522 g/mol. The van der Waals surface area contributed by atoms with Crippen molar-refractivity contribution >= 4 is 11.8 Å². The van der Waals surface area contributed by atoms with Crippen molar-refractivity contribution in [3.8, 4) is 0 Å². The topological polar surface area (TPSA) is 49.4 Å². The molecule has 1 N–H and O–H groups in total. The third kappa shape index (κ3) is 7.28. The average molecular weight is 561 g/mol. The van der Waals surface area contributed by atoms with Gasteiger partial charge in [0, 0.05) is 31.5 Å². The molecule has 4 fully saturated rings. The first-order valence-corrected chi connectivity index (χ1v) is 14.1. The number of hydrogen-bond donors (Lipinski definition) is 1. The molecule has 2 unspecified atom stereocenters. The molecule has 2 saturated heterocycles. The van der Waals surface area contributed by atoms with Gasteiger partial charge in [-0.1, -0.05) is 43.2 Å². The summed E-state index contributed by atoms with van der Waals surface area (Å²) >= 11 is 0. The van der Waals surface area contributed by atoms with E-state index in [9.17, 15) is 35.9 Å². The Balaban J connectivity index is 0.000000193. The van der Waals surface area contributed by atoms with Gasteiger partial charge in [-0.3, -0.25) is 9.59 Å². The monoisotopic (exact) mass is 560 g/mol. The van der Waals surface area contributed by atoms with Gasteiger partial charge in [0.25, 0.3) is 0 Å². The molecular formula is C29H38F6N2O2. The van der Waals surface area contributed by atoms with Gasteiger partial charge in [0.05, 0.1) is 10.8 Å². The van der Waals surface area contributed by atoms with Crippen molar-refractivity contribution in [3.63, 3.8) is 0 Å². The van der Waals surface area contributed by atoms with Crippen molar-refractivity contribution in [2.45, 2.75) is 95.9 Å². The summed E-state index contributed by atoms with van der Waals surface area (Å²) in [5.41, 5.74) is -1.74. The number of nitrogens with one attached hydrogen (secondary N) is 1. The zero-order valence-electron chi connectivity index (χ0n) is 22.2. The lowest BCUT2D eigenvalue weighted by molar-refractivity contribution is -0.189. The Morgan fingerprint density at radius 2 is 1.33 bits per heavy atom. The lowest BCUT2D eigenvalue weighted by Gasteiger charge is -2.20. The summed E-state index contributed by atoms with van der Waals surface area (Å²) in [7, 11) is 0. The second-order valence-corrected chi connectivity index (χ2v) is 11.8. The first-order valence-electron chi connectivity index (χ1n) is 14.1. The Labute approximate surface area is 225 Å². The summed E-state index contributed by atoms with van der Waals surface area (Å²) in [5, 5.41) is 2.70. The van der Waals surface area contributed by atoms with Crippen LogP contribution in [0.15, 0.2) is 30.3 Å². The third-order valence-corrected chi connectivity index (χ3v) is 9.11. The fourth-order valence-corrected chi connectivity index (χ4v) is 5.98. The van der Waals surface area contributed by atoms with Crippen molar-refractivity contribution in [2.24, 2.45) is 22.7 Å². The van der Waals surface area contributed by atoms with Crippen molar-refractivity contribution in [2.75, 3.05) is 13.1 Å². The summed E-state index contributed by atoms with van der Waals surface area (Å²) in [6, 6.07) is 9.80. The second-order valence-electron chi connectivity index (χ2n) is 11.8. The number of amides is 2. The summed E-state index contributed by atoms with van der Waals surface area (Å²) in [6.07, 6.45) is -2.96. The number of likely N-dealkylation sites (tertiary alicyclic amines) is 1. The highest BCUT2D eigenvalue weighted by atomic mass is 19.4. The number of halogens is 6. The van der Waals surface area contributed by atoms with Crippen LogP contribution < -0.4 is 5.32 Å². The highest BCUT2D eigenvalue weighted by Gasteiger charge is 2.63. The highest BCUT2D eigenvalue weighted by Crippen LogP contribution is 2.61.